The molecule has 0 radical (unpaired) electrons. The van der Waals surface area contributed by atoms with Crippen molar-refractivity contribution in [2.75, 3.05) is 11.1 Å². The van der Waals surface area contributed by atoms with Gasteiger partial charge in [-0.05, 0) is 12.1 Å². The first kappa shape index (κ1) is 12.0. The Labute approximate surface area is 101 Å². The van der Waals surface area contributed by atoms with Gasteiger partial charge in [0.25, 0.3) is 5.91 Å². The molecule has 0 atom stereocenters. The number of para-hydroxylation sites is 1. The highest BCUT2D eigenvalue weighted by molar-refractivity contribution is 6.06. The normalized spacial score (nSPS) is 10.4. The lowest BCUT2D eigenvalue weighted by atomic mass is 10.2. The van der Waals surface area contributed by atoms with Crippen molar-refractivity contribution < 1.29 is 13.6 Å². The van der Waals surface area contributed by atoms with E-state index >= 15 is 0 Å². The third-order valence-electron chi connectivity index (χ3n) is 2.27. The molecule has 0 spiro atoms. The fraction of sp³-hybridized carbons (Fsp3) is 0.0909. The maximum Gasteiger partial charge on any atom is 0.278 e. The number of rotatable bonds is 2. The number of anilines is 2. The number of nitrogens with zero attached hydrogens (tertiary/aromatic N) is 2. The molecule has 1 aromatic heterocycles. The molecular formula is C11H10F2N4O. The molecule has 94 valence electrons. The first-order valence-electron chi connectivity index (χ1n) is 5.03. The van der Waals surface area contributed by atoms with Crippen molar-refractivity contribution in [3.05, 3.63) is 41.7 Å². The zero-order chi connectivity index (χ0) is 13.3. The number of carbonyl (C=O) groups excluding carboxylic acids is 1. The van der Waals surface area contributed by atoms with E-state index in [1.807, 2.05) is 0 Å². The number of aromatic nitrogens is 2. The van der Waals surface area contributed by atoms with Crippen LogP contribution in [0.15, 0.2) is 24.4 Å². The fourth-order valence-corrected chi connectivity index (χ4v) is 1.47. The summed E-state index contributed by atoms with van der Waals surface area (Å²) in [4.78, 5) is 11.8. The lowest BCUT2D eigenvalue weighted by molar-refractivity contribution is 0.102. The van der Waals surface area contributed by atoms with Crippen molar-refractivity contribution in [3.8, 4) is 0 Å². The zero-order valence-electron chi connectivity index (χ0n) is 9.45. The maximum absolute atomic E-state index is 13.3. The number of halogens is 2. The number of carbonyl (C=O) groups is 1. The molecule has 5 nitrogen and oxygen atoms in total. The van der Waals surface area contributed by atoms with Crippen molar-refractivity contribution in [3.63, 3.8) is 0 Å². The highest BCUT2D eigenvalue weighted by Gasteiger charge is 2.17. The van der Waals surface area contributed by atoms with Crippen LogP contribution in [0.4, 0.5) is 20.2 Å². The Balaban J connectivity index is 2.30. The molecular weight excluding hydrogens is 242 g/mol. The minimum atomic E-state index is -0.863. The summed E-state index contributed by atoms with van der Waals surface area (Å²) in [6.45, 7) is 0. The van der Waals surface area contributed by atoms with E-state index in [2.05, 4.69) is 10.4 Å². The summed E-state index contributed by atoms with van der Waals surface area (Å²) in [7, 11) is 1.58. The Hall–Kier alpha value is -2.44. The summed E-state index contributed by atoms with van der Waals surface area (Å²) in [5, 5.41) is 5.90. The van der Waals surface area contributed by atoms with Gasteiger partial charge >= 0.3 is 0 Å². The Morgan fingerprint density at radius 3 is 2.50 bits per heavy atom. The van der Waals surface area contributed by atoms with Crippen LogP contribution in [0.3, 0.4) is 0 Å². The molecule has 0 fully saturated rings. The molecule has 1 heterocycles. The summed E-state index contributed by atoms with van der Waals surface area (Å²) in [5.74, 6) is -2.49. The summed E-state index contributed by atoms with van der Waals surface area (Å²) >= 11 is 0. The first-order valence-corrected chi connectivity index (χ1v) is 5.03. The number of aryl methyl sites for hydroxylation is 1. The number of nitrogen functional groups attached to an aromatic ring is 1. The quantitative estimate of drug-likeness (QED) is 0.851. The van der Waals surface area contributed by atoms with Crippen molar-refractivity contribution in [2.24, 2.45) is 7.05 Å². The van der Waals surface area contributed by atoms with Crippen LogP contribution in [-0.2, 0) is 7.05 Å². The van der Waals surface area contributed by atoms with Crippen LogP contribution in [0, 0.1) is 11.6 Å². The van der Waals surface area contributed by atoms with Gasteiger partial charge in [-0.3, -0.25) is 9.48 Å². The van der Waals surface area contributed by atoms with E-state index in [-0.39, 0.29) is 11.4 Å². The van der Waals surface area contributed by atoms with Gasteiger partial charge in [0.2, 0.25) is 0 Å². The number of benzene rings is 1. The molecule has 1 aromatic carbocycles. The molecule has 18 heavy (non-hydrogen) atoms. The highest BCUT2D eigenvalue weighted by atomic mass is 19.1. The monoisotopic (exact) mass is 252 g/mol. The predicted octanol–water partition coefficient (Wildman–Crippen LogP) is 1.53. The zero-order valence-corrected chi connectivity index (χ0v) is 9.45. The van der Waals surface area contributed by atoms with E-state index in [9.17, 15) is 13.6 Å². The largest absolute Gasteiger partial charge is 0.396 e. The Morgan fingerprint density at radius 2 is 2.00 bits per heavy atom. The van der Waals surface area contributed by atoms with Crippen LogP contribution in [0.25, 0.3) is 0 Å². The molecule has 7 heteroatoms. The smallest absolute Gasteiger partial charge is 0.278 e. The van der Waals surface area contributed by atoms with Crippen LogP contribution in [0.1, 0.15) is 10.5 Å². The minimum absolute atomic E-state index is 0.0832. The number of hydrogen-bond donors (Lipinski definition) is 2. The number of nitrogens with two attached hydrogens (primary N) is 1. The van der Waals surface area contributed by atoms with Crippen LogP contribution in [-0.4, -0.2) is 15.7 Å². The van der Waals surface area contributed by atoms with Gasteiger partial charge in [-0.25, -0.2) is 8.78 Å². The van der Waals surface area contributed by atoms with E-state index in [0.29, 0.717) is 0 Å². The van der Waals surface area contributed by atoms with Gasteiger partial charge in [0.05, 0.1) is 5.69 Å². The lowest BCUT2D eigenvalue weighted by Gasteiger charge is -2.06. The summed E-state index contributed by atoms with van der Waals surface area (Å²) in [6, 6.07) is 3.29. The van der Waals surface area contributed by atoms with Crippen LogP contribution < -0.4 is 11.1 Å². The topological polar surface area (TPSA) is 72.9 Å². The van der Waals surface area contributed by atoms with Gasteiger partial charge in [-0.1, -0.05) is 6.07 Å². The standard InChI is InChI=1S/C11H10F2N4O/c1-17-5-8(14)10(16-17)11(18)15-9-6(12)3-2-4-7(9)13/h2-5H,14H2,1H3,(H,15,18). The summed E-state index contributed by atoms with van der Waals surface area (Å²) < 4.78 is 28.0. The Kier molecular flexibility index (Phi) is 2.97. The van der Waals surface area contributed by atoms with Crippen molar-refractivity contribution in [2.45, 2.75) is 0 Å². The van der Waals surface area contributed by atoms with Gasteiger partial charge in [-0.2, -0.15) is 5.10 Å². The Bertz CT molecular complexity index is 589. The Morgan fingerprint density at radius 1 is 1.39 bits per heavy atom. The van der Waals surface area contributed by atoms with E-state index < -0.39 is 23.2 Å². The van der Waals surface area contributed by atoms with Gasteiger partial charge in [0.1, 0.15) is 17.3 Å². The average Bonchev–Trinajstić information content (AvgIpc) is 2.63. The second-order valence-corrected chi connectivity index (χ2v) is 3.66. The molecule has 3 N–H and O–H groups in total. The average molecular weight is 252 g/mol. The van der Waals surface area contributed by atoms with Gasteiger partial charge < -0.3 is 11.1 Å². The molecule has 0 aliphatic heterocycles. The number of amides is 1. The molecule has 0 aliphatic rings. The van der Waals surface area contributed by atoms with E-state index in [1.54, 1.807) is 7.05 Å². The molecule has 0 saturated carbocycles. The van der Waals surface area contributed by atoms with Gasteiger partial charge in [-0.15, -0.1) is 0 Å². The molecule has 0 saturated heterocycles. The molecule has 2 rings (SSSR count). The molecule has 2 aromatic rings. The predicted molar refractivity (Wildman–Crippen MR) is 61.9 cm³/mol. The number of hydrogen-bond acceptors (Lipinski definition) is 3. The van der Waals surface area contributed by atoms with Crippen molar-refractivity contribution in [1.82, 2.24) is 9.78 Å². The third kappa shape index (κ3) is 2.15. The summed E-state index contributed by atoms with van der Waals surface area (Å²) in [5.41, 5.74) is 5.07. The molecule has 1 amide bonds. The molecule has 0 bridgehead atoms. The molecule has 0 aliphatic carbocycles. The SMILES string of the molecule is Cn1cc(N)c(C(=O)Nc2c(F)cccc2F)n1. The fourth-order valence-electron chi connectivity index (χ4n) is 1.47. The lowest BCUT2D eigenvalue weighted by Crippen LogP contribution is -2.16. The van der Waals surface area contributed by atoms with E-state index in [0.717, 1.165) is 12.1 Å². The van der Waals surface area contributed by atoms with Crippen LogP contribution >= 0.6 is 0 Å². The van der Waals surface area contributed by atoms with Crippen LogP contribution in [0.2, 0.25) is 0 Å². The van der Waals surface area contributed by atoms with E-state index in [1.165, 1.54) is 16.9 Å². The van der Waals surface area contributed by atoms with Crippen molar-refractivity contribution >= 4 is 17.3 Å². The summed E-state index contributed by atoms with van der Waals surface area (Å²) in [6.07, 6.45) is 1.42. The third-order valence-corrected chi connectivity index (χ3v) is 2.27. The second-order valence-electron chi connectivity index (χ2n) is 3.66. The van der Waals surface area contributed by atoms with E-state index in [4.69, 9.17) is 5.73 Å². The van der Waals surface area contributed by atoms with Crippen LogP contribution in [0.5, 0.6) is 0 Å². The first-order chi connectivity index (χ1) is 8.49. The maximum atomic E-state index is 13.3. The molecule has 0 unspecified atom stereocenters. The van der Waals surface area contributed by atoms with Gasteiger partial charge in [0, 0.05) is 13.2 Å². The highest BCUT2D eigenvalue weighted by Crippen LogP contribution is 2.19. The number of nitrogens with one attached hydrogen (secondary N) is 1. The minimum Gasteiger partial charge on any atom is -0.396 e. The van der Waals surface area contributed by atoms with Crippen molar-refractivity contribution in [1.29, 1.82) is 0 Å². The van der Waals surface area contributed by atoms with Gasteiger partial charge in [0.15, 0.2) is 5.69 Å². The second kappa shape index (κ2) is 4.44.